The molecule has 2 aliphatic carbocycles. The van der Waals surface area contributed by atoms with Gasteiger partial charge in [-0.3, -0.25) is 28.8 Å². The molecule has 0 radical (unpaired) electrons. The third kappa shape index (κ3) is 9.04. The minimum Gasteiger partial charge on any atom is -0.461 e. The van der Waals surface area contributed by atoms with Crippen LogP contribution in [-0.2, 0) is 71.5 Å². The van der Waals surface area contributed by atoms with Crippen LogP contribution in [-0.4, -0.2) is 120 Å². The predicted octanol–water partition coefficient (Wildman–Crippen LogP) is 1.43. The molecule has 4 rings (SSSR count). The van der Waals surface area contributed by atoms with Crippen LogP contribution in [0.4, 0.5) is 0 Å². The molecule has 2 saturated heterocycles. The van der Waals surface area contributed by atoms with Gasteiger partial charge in [0, 0.05) is 39.5 Å². The van der Waals surface area contributed by atoms with Crippen molar-refractivity contribution in [2.45, 2.75) is 123 Å². The highest BCUT2D eigenvalue weighted by atomic mass is 16.6. The number of hydrogen-bond donors (Lipinski definition) is 2. The molecule has 17 nitrogen and oxygen atoms in total. The number of rotatable bonds is 12. The van der Waals surface area contributed by atoms with E-state index in [2.05, 4.69) is 0 Å². The van der Waals surface area contributed by atoms with Gasteiger partial charge < -0.3 is 48.1 Å². The summed E-state index contributed by atoms with van der Waals surface area (Å²) in [5.41, 5.74) is -6.19. The van der Waals surface area contributed by atoms with E-state index in [4.69, 9.17) is 37.9 Å². The van der Waals surface area contributed by atoms with Gasteiger partial charge in [-0.05, 0) is 36.5 Å². The molecule has 4 aliphatic rings. The summed E-state index contributed by atoms with van der Waals surface area (Å²) in [5, 5.41) is 24.8. The Morgan fingerprint density at radius 1 is 0.855 bits per heavy atom. The van der Waals surface area contributed by atoms with Gasteiger partial charge in [0.05, 0.1) is 17.9 Å². The lowest BCUT2D eigenvalue weighted by atomic mass is 9.51. The maximum Gasteiger partial charge on any atom is 0.344 e. The maximum absolute atomic E-state index is 13.6. The quantitative estimate of drug-likeness (QED) is 0.162. The van der Waals surface area contributed by atoms with E-state index in [-0.39, 0.29) is 36.9 Å². The molecule has 0 aromatic carbocycles. The number of esters is 7. The van der Waals surface area contributed by atoms with Crippen molar-refractivity contribution in [1.29, 1.82) is 0 Å². The van der Waals surface area contributed by atoms with Crippen LogP contribution in [0.1, 0.15) is 75.2 Å². The van der Waals surface area contributed by atoms with Gasteiger partial charge in [-0.2, -0.15) is 0 Å². The molecule has 1 spiro atoms. The second-order valence-electron chi connectivity index (χ2n) is 15.7. The largest absolute Gasteiger partial charge is 0.461 e. The average Bonchev–Trinajstić information content (AvgIpc) is 3.82. The number of aliphatic hydroxyl groups is 2. The SMILES string of the molecule is CC(=O)O[C@H]1[C@@H](O)[C@]2(CO2)[C@@H]2[C@H](OC(C)=O)[C@@]3(O)[C@H](C=C(COC(=O)CC(C)C)C=C[C@H](OC(=O)COC(=O)CC(C)C)[C@@]2(C)[C@H]1OC(C)=O)OC(=O)[C@@H]3C. The van der Waals surface area contributed by atoms with Crippen LogP contribution in [0.3, 0.4) is 0 Å². The van der Waals surface area contributed by atoms with Crippen molar-refractivity contribution >= 4 is 41.8 Å². The molecule has 11 atom stereocenters. The lowest BCUT2D eigenvalue weighted by Gasteiger charge is -2.58. The standard InChI is InChI=1S/C38H52O17/c1-18(2)12-27(42)48-15-24-10-11-25(54-29(44)16-49-28(43)13-19(3)4)36(9)31(34(53-23(8)41)38(47)20(5)35(46)55-26(38)14-24)37(17-50-37)32(45)30(51-21(6)39)33(36)52-22(7)40/h10-11,14,18-20,25-26,30-34,45,47H,12-13,15-17H2,1-9H3/t20-,25-,26-,30-,31+,32+,33-,34-,36+,37-,38-/m0/s1. The summed E-state index contributed by atoms with van der Waals surface area (Å²) < 4.78 is 45.7. The van der Waals surface area contributed by atoms with Crippen molar-refractivity contribution in [3.05, 3.63) is 23.8 Å². The van der Waals surface area contributed by atoms with E-state index >= 15 is 0 Å². The fourth-order valence-corrected chi connectivity index (χ4v) is 7.87. The molecule has 55 heavy (non-hydrogen) atoms. The molecule has 0 bridgehead atoms. The zero-order valence-corrected chi connectivity index (χ0v) is 32.6. The number of ether oxygens (including phenoxy) is 8. The molecule has 2 aliphatic heterocycles. The number of aliphatic hydroxyl groups excluding tert-OH is 1. The van der Waals surface area contributed by atoms with E-state index < -0.39 is 120 Å². The summed E-state index contributed by atoms with van der Waals surface area (Å²) in [7, 11) is 0. The van der Waals surface area contributed by atoms with E-state index in [1.807, 2.05) is 13.8 Å². The first kappa shape index (κ1) is 43.4. The van der Waals surface area contributed by atoms with Gasteiger partial charge in [0.25, 0.3) is 0 Å². The van der Waals surface area contributed by atoms with Gasteiger partial charge in [0.1, 0.15) is 30.5 Å². The molecule has 0 aromatic rings. The molecule has 3 fully saturated rings. The van der Waals surface area contributed by atoms with Crippen molar-refractivity contribution < 1.29 is 81.7 Å². The molecule has 0 aromatic heterocycles. The van der Waals surface area contributed by atoms with Gasteiger partial charge in [0.15, 0.2) is 30.5 Å². The highest BCUT2D eigenvalue weighted by Gasteiger charge is 2.80. The second-order valence-corrected chi connectivity index (χ2v) is 15.7. The van der Waals surface area contributed by atoms with Crippen molar-refractivity contribution in [3.63, 3.8) is 0 Å². The van der Waals surface area contributed by atoms with Crippen LogP contribution < -0.4 is 0 Å². The molecule has 2 heterocycles. The van der Waals surface area contributed by atoms with E-state index in [0.29, 0.717) is 0 Å². The Kier molecular flexibility index (Phi) is 13.2. The summed E-state index contributed by atoms with van der Waals surface area (Å²) in [5.74, 6) is -9.13. The highest BCUT2D eigenvalue weighted by molar-refractivity contribution is 5.78. The summed E-state index contributed by atoms with van der Waals surface area (Å²) in [6, 6.07) is 0. The van der Waals surface area contributed by atoms with Crippen LogP contribution in [0.25, 0.3) is 0 Å². The fourth-order valence-electron chi connectivity index (χ4n) is 7.87. The van der Waals surface area contributed by atoms with E-state index in [1.165, 1.54) is 32.1 Å². The number of fused-ring (bicyclic) bond motifs is 3. The molecular formula is C38H52O17. The van der Waals surface area contributed by atoms with Crippen LogP contribution >= 0.6 is 0 Å². The Hall–Kier alpha value is -4.35. The maximum atomic E-state index is 13.6. The second kappa shape index (κ2) is 16.8. The van der Waals surface area contributed by atoms with Crippen LogP contribution in [0.2, 0.25) is 0 Å². The van der Waals surface area contributed by atoms with Crippen molar-refractivity contribution in [1.82, 2.24) is 0 Å². The molecule has 1 saturated carbocycles. The number of carbonyl (C=O) groups is 7. The van der Waals surface area contributed by atoms with Crippen molar-refractivity contribution in [2.24, 2.45) is 29.1 Å². The van der Waals surface area contributed by atoms with E-state index in [1.54, 1.807) is 13.8 Å². The Labute approximate surface area is 318 Å². The smallest absolute Gasteiger partial charge is 0.344 e. The van der Waals surface area contributed by atoms with Gasteiger partial charge in [-0.15, -0.1) is 0 Å². The van der Waals surface area contributed by atoms with Gasteiger partial charge in [0.2, 0.25) is 0 Å². The Balaban J connectivity index is 2.03. The Morgan fingerprint density at radius 3 is 1.93 bits per heavy atom. The highest BCUT2D eigenvalue weighted by Crippen LogP contribution is 2.62. The zero-order chi connectivity index (χ0) is 41.2. The molecule has 0 unspecified atom stereocenters. The molecule has 2 N–H and O–H groups in total. The summed E-state index contributed by atoms with van der Waals surface area (Å²) in [4.78, 5) is 90.5. The topological polar surface area (TPSA) is 237 Å². The van der Waals surface area contributed by atoms with Crippen LogP contribution in [0, 0.1) is 29.1 Å². The Bertz CT molecular complexity index is 1590. The molecule has 306 valence electrons. The first-order valence-electron chi connectivity index (χ1n) is 18.2. The van der Waals surface area contributed by atoms with E-state index in [9.17, 15) is 43.8 Å². The lowest BCUT2D eigenvalue weighted by molar-refractivity contribution is -0.277. The molecule has 0 amide bonds. The number of hydrogen-bond acceptors (Lipinski definition) is 17. The Morgan fingerprint density at radius 2 is 1.40 bits per heavy atom. The van der Waals surface area contributed by atoms with Crippen LogP contribution in [0.5, 0.6) is 0 Å². The summed E-state index contributed by atoms with van der Waals surface area (Å²) in [6.45, 7) is 11.5. The first-order valence-corrected chi connectivity index (χ1v) is 18.2. The molecule has 17 heteroatoms. The lowest BCUT2D eigenvalue weighted by Crippen LogP contribution is -2.75. The van der Waals surface area contributed by atoms with Gasteiger partial charge >= 0.3 is 41.8 Å². The third-order valence-electron chi connectivity index (χ3n) is 10.4. The zero-order valence-electron chi connectivity index (χ0n) is 32.6. The van der Waals surface area contributed by atoms with Crippen molar-refractivity contribution in [2.75, 3.05) is 19.8 Å². The van der Waals surface area contributed by atoms with Crippen molar-refractivity contribution in [3.8, 4) is 0 Å². The third-order valence-corrected chi connectivity index (χ3v) is 10.4. The predicted molar refractivity (Wildman–Crippen MR) is 185 cm³/mol. The van der Waals surface area contributed by atoms with Crippen LogP contribution in [0.15, 0.2) is 23.8 Å². The minimum atomic E-state index is -2.47. The monoisotopic (exact) mass is 780 g/mol. The van der Waals surface area contributed by atoms with E-state index in [0.717, 1.165) is 20.8 Å². The minimum absolute atomic E-state index is 0.000781. The normalized spacial score (nSPS) is 35.1. The summed E-state index contributed by atoms with van der Waals surface area (Å²) >= 11 is 0. The average molecular weight is 781 g/mol. The summed E-state index contributed by atoms with van der Waals surface area (Å²) in [6.07, 6.45) is -6.25. The fraction of sp³-hybridized carbons (Fsp3) is 0.711. The molecular weight excluding hydrogens is 728 g/mol. The first-order chi connectivity index (χ1) is 25.6. The van der Waals surface area contributed by atoms with Gasteiger partial charge in [-0.25, -0.2) is 4.79 Å². The van der Waals surface area contributed by atoms with Gasteiger partial charge in [-0.1, -0.05) is 40.7 Å². The number of carbonyl (C=O) groups excluding carboxylic acids is 7. The number of epoxide rings is 1.